The lowest BCUT2D eigenvalue weighted by molar-refractivity contribution is -0.159. The molecule has 0 unspecified atom stereocenters. The van der Waals surface area contributed by atoms with E-state index in [2.05, 4.69) is 26.5 Å². The standard InChI is InChI=1S/C18H21F3N4O2/c1-10(9-25-7-3-4-11(25)2)14-8-12(5-6-13(14)15(22)26)16-23-17(27-24-16)18(19,20)21/h5-6,8,10-11H,3-4,7,9H2,1-2H3,(H2,22,26)/t10-,11-/m0/s1. The Morgan fingerprint density at radius 1 is 1.44 bits per heavy atom. The molecule has 0 radical (unpaired) electrons. The van der Waals surface area contributed by atoms with Gasteiger partial charge in [-0.25, -0.2) is 0 Å². The van der Waals surface area contributed by atoms with Gasteiger partial charge < -0.3 is 15.2 Å². The predicted molar refractivity (Wildman–Crippen MR) is 91.9 cm³/mol. The van der Waals surface area contributed by atoms with Crippen LogP contribution in [0.25, 0.3) is 11.4 Å². The van der Waals surface area contributed by atoms with Crippen molar-refractivity contribution >= 4 is 5.91 Å². The molecule has 1 fully saturated rings. The molecule has 1 aliphatic heterocycles. The van der Waals surface area contributed by atoms with Gasteiger partial charge in [-0.3, -0.25) is 4.79 Å². The highest BCUT2D eigenvalue weighted by molar-refractivity contribution is 5.95. The molecule has 6 nitrogen and oxygen atoms in total. The van der Waals surface area contributed by atoms with Crippen molar-refractivity contribution in [3.8, 4) is 11.4 Å². The van der Waals surface area contributed by atoms with E-state index in [0.29, 0.717) is 22.7 Å². The van der Waals surface area contributed by atoms with E-state index >= 15 is 0 Å². The molecule has 0 spiro atoms. The Hall–Kier alpha value is -2.42. The fraction of sp³-hybridized carbons (Fsp3) is 0.500. The first-order valence-corrected chi connectivity index (χ1v) is 8.76. The summed E-state index contributed by atoms with van der Waals surface area (Å²) in [5, 5.41) is 3.41. The van der Waals surface area contributed by atoms with Crippen molar-refractivity contribution in [2.75, 3.05) is 13.1 Å². The molecule has 3 rings (SSSR count). The summed E-state index contributed by atoms with van der Waals surface area (Å²) in [4.78, 5) is 17.6. The van der Waals surface area contributed by atoms with Gasteiger partial charge in [0.1, 0.15) is 0 Å². The first-order valence-electron chi connectivity index (χ1n) is 8.76. The quantitative estimate of drug-likeness (QED) is 0.856. The van der Waals surface area contributed by atoms with Crippen LogP contribution in [0.3, 0.4) is 0 Å². The summed E-state index contributed by atoms with van der Waals surface area (Å²) in [6.45, 7) is 5.83. The molecule has 1 aromatic heterocycles. The molecule has 1 amide bonds. The highest BCUT2D eigenvalue weighted by atomic mass is 19.4. The monoisotopic (exact) mass is 382 g/mol. The van der Waals surface area contributed by atoms with E-state index in [1.54, 1.807) is 6.07 Å². The van der Waals surface area contributed by atoms with Crippen LogP contribution in [0.1, 0.15) is 54.4 Å². The van der Waals surface area contributed by atoms with Crippen LogP contribution >= 0.6 is 0 Å². The Morgan fingerprint density at radius 2 is 2.19 bits per heavy atom. The van der Waals surface area contributed by atoms with Crippen molar-refractivity contribution in [2.24, 2.45) is 5.73 Å². The van der Waals surface area contributed by atoms with Crippen molar-refractivity contribution in [1.82, 2.24) is 15.0 Å². The molecule has 2 heterocycles. The van der Waals surface area contributed by atoms with Gasteiger partial charge in [-0.1, -0.05) is 18.1 Å². The zero-order valence-electron chi connectivity index (χ0n) is 15.1. The zero-order valence-corrected chi connectivity index (χ0v) is 15.1. The second kappa shape index (κ2) is 7.30. The Bertz CT molecular complexity index is 834. The smallest absolute Gasteiger partial charge is 0.366 e. The first-order chi connectivity index (χ1) is 12.7. The maximum Gasteiger partial charge on any atom is 0.471 e. The number of halogens is 3. The zero-order chi connectivity index (χ0) is 19.8. The molecule has 1 aliphatic rings. The SMILES string of the molecule is C[C@@H](CN1CCC[C@@H]1C)c1cc(-c2noc(C(F)(F)F)n2)ccc1C(N)=O. The molecule has 2 aromatic rings. The number of nitrogens with two attached hydrogens (primary N) is 1. The molecule has 146 valence electrons. The van der Waals surface area contributed by atoms with Crippen LogP contribution in [0.2, 0.25) is 0 Å². The van der Waals surface area contributed by atoms with Crippen molar-refractivity contribution in [2.45, 2.75) is 44.8 Å². The molecule has 0 aliphatic carbocycles. The maximum atomic E-state index is 12.7. The summed E-state index contributed by atoms with van der Waals surface area (Å²) in [7, 11) is 0. The fourth-order valence-corrected chi connectivity index (χ4v) is 3.50. The lowest BCUT2D eigenvalue weighted by Gasteiger charge is -2.26. The van der Waals surface area contributed by atoms with E-state index in [-0.39, 0.29) is 11.7 Å². The molecule has 1 aromatic carbocycles. The third-order valence-corrected chi connectivity index (χ3v) is 4.97. The van der Waals surface area contributed by atoms with Crippen LogP contribution in [-0.2, 0) is 6.18 Å². The maximum absolute atomic E-state index is 12.7. The fourth-order valence-electron chi connectivity index (χ4n) is 3.50. The number of carbonyl (C=O) groups is 1. The number of aromatic nitrogens is 2. The minimum atomic E-state index is -4.71. The number of hydrogen-bond donors (Lipinski definition) is 1. The summed E-state index contributed by atoms with van der Waals surface area (Å²) in [6.07, 6.45) is -2.46. The molecule has 27 heavy (non-hydrogen) atoms. The number of amides is 1. The van der Waals surface area contributed by atoms with Gasteiger partial charge in [0.05, 0.1) is 0 Å². The minimum Gasteiger partial charge on any atom is -0.366 e. The van der Waals surface area contributed by atoms with Crippen LogP contribution < -0.4 is 5.73 Å². The van der Waals surface area contributed by atoms with Gasteiger partial charge >= 0.3 is 12.1 Å². The van der Waals surface area contributed by atoms with E-state index in [1.807, 2.05) is 6.92 Å². The number of nitrogens with zero attached hydrogens (tertiary/aromatic N) is 3. The molecule has 2 atom stereocenters. The van der Waals surface area contributed by atoms with Crippen molar-refractivity contribution in [3.05, 3.63) is 35.2 Å². The van der Waals surface area contributed by atoms with Crippen LogP contribution in [0.15, 0.2) is 22.7 Å². The van der Waals surface area contributed by atoms with Gasteiger partial charge in [-0.2, -0.15) is 18.2 Å². The summed E-state index contributed by atoms with van der Waals surface area (Å²) in [5.41, 5.74) is 6.84. The third kappa shape index (κ3) is 4.13. The number of hydrogen-bond acceptors (Lipinski definition) is 5. The average molecular weight is 382 g/mol. The Morgan fingerprint density at radius 3 is 2.74 bits per heavy atom. The number of likely N-dealkylation sites (tertiary alicyclic amines) is 1. The van der Waals surface area contributed by atoms with E-state index in [0.717, 1.165) is 25.9 Å². The molecule has 0 bridgehead atoms. The number of carbonyl (C=O) groups excluding carboxylic acids is 1. The second-order valence-corrected chi connectivity index (χ2v) is 6.97. The molecule has 1 saturated heterocycles. The Balaban J connectivity index is 1.93. The molecule has 9 heteroatoms. The normalized spacial score (nSPS) is 19.4. The largest absolute Gasteiger partial charge is 0.471 e. The van der Waals surface area contributed by atoms with E-state index in [9.17, 15) is 18.0 Å². The van der Waals surface area contributed by atoms with Crippen LogP contribution in [0.4, 0.5) is 13.2 Å². The minimum absolute atomic E-state index is 0.0398. The lowest BCUT2D eigenvalue weighted by Crippen LogP contribution is -2.31. The van der Waals surface area contributed by atoms with Crippen LogP contribution in [0, 0.1) is 0 Å². The molecular weight excluding hydrogens is 361 g/mol. The average Bonchev–Trinajstić information content (AvgIpc) is 3.24. The first kappa shape index (κ1) is 19.3. The van der Waals surface area contributed by atoms with Gasteiger partial charge in [-0.15, -0.1) is 0 Å². The number of alkyl halides is 3. The van der Waals surface area contributed by atoms with Crippen molar-refractivity contribution in [1.29, 1.82) is 0 Å². The number of benzene rings is 1. The van der Waals surface area contributed by atoms with Crippen LogP contribution in [0.5, 0.6) is 0 Å². The lowest BCUT2D eigenvalue weighted by atomic mass is 9.92. The summed E-state index contributed by atoms with van der Waals surface area (Å²) >= 11 is 0. The molecule has 0 saturated carbocycles. The van der Waals surface area contributed by atoms with Gasteiger partial charge in [-0.05, 0) is 49.9 Å². The van der Waals surface area contributed by atoms with Gasteiger partial charge in [0.15, 0.2) is 0 Å². The van der Waals surface area contributed by atoms with Crippen LogP contribution in [-0.4, -0.2) is 40.1 Å². The third-order valence-electron chi connectivity index (χ3n) is 4.97. The number of primary amides is 1. The van der Waals surface area contributed by atoms with E-state index in [4.69, 9.17) is 5.73 Å². The molecule has 2 N–H and O–H groups in total. The Labute approximate surface area is 154 Å². The summed E-state index contributed by atoms with van der Waals surface area (Å²) < 4.78 is 42.4. The highest BCUT2D eigenvalue weighted by Gasteiger charge is 2.38. The van der Waals surface area contributed by atoms with Crippen molar-refractivity contribution in [3.63, 3.8) is 0 Å². The van der Waals surface area contributed by atoms with Gasteiger partial charge in [0, 0.05) is 23.7 Å². The van der Waals surface area contributed by atoms with E-state index in [1.165, 1.54) is 12.1 Å². The predicted octanol–water partition coefficient (Wildman–Crippen LogP) is 3.44. The van der Waals surface area contributed by atoms with E-state index < -0.39 is 18.0 Å². The highest BCUT2D eigenvalue weighted by Crippen LogP contribution is 2.32. The summed E-state index contributed by atoms with van der Waals surface area (Å²) in [5.74, 6) is -2.21. The molecular formula is C18H21F3N4O2. The number of rotatable bonds is 5. The van der Waals surface area contributed by atoms with Gasteiger partial charge in [0.2, 0.25) is 11.7 Å². The topological polar surface area (TPSA) is 85.2 Å². The summed E-state index contributed by atoms with van der Waals surface area (Å²) in [6, 6.07) is 5.05. The second-order valence-electron chi connectivity index (χ2n) is 6.97. The van der Waals surface area contributed by atoms with Gasteiger partial charge in [0.25, 0.3) is 0 Å². The van der Waals surface area contributed by atoms with Crippen molar-refractivity contribution < 1.29 is 22.5 Å². The Kier molecular flexibility index (Phi) is 5.23.